The van der Waals surface area contributed by atoms with Crippen LogP contribution in [0.1, 0.15) is 13.3 Å². The second-order valence-corrected chi connectivity index (χ2v) is 5.51. The van der Waals surface area contributed by atoms with Crippen LogP contribution in [0, 0.1) is 0 Å². The van der Waals surface area contributed by atoms with Crippen molar-refractivity contribution in [2.75, 3.05) is 0 Å². The summed E-state index contributed by atoms with van der Waals surface area (Å²) in [6.07, 6.45) is 7.33. The van der Waals surface area contributed by atoms with Crippen LogP contribution in [-0.2, 0) is 4.79 Å². The Kier molecular flexibility index (Phi) is 4.25. The van der Waals surface area contributed by atoms with E-state index in [0.29, 0.717) is 5.25 Å². The van der Waals surface area contributed by atoms with Gasteiger partial charge in [-0.15, -0.1) is 23.4 Å². The molecule has 2 rings (SSSR count). The minimum absolute atomic E-state index is 0.0330. The van der Waals surface area contributed by atoms with Crippen LogP contribution in [0.4, 0.5) is 0 Å². The molecule has 0 bridgehead atoms. The number of carboxylic acid groups (broad SMARTS) is 1. The predicted octanol–water partition coefficient (Wildman–Crippen LogP) is 2.00. The van der Waals surface area contributed by atoms with E-state index in [4.69, 9.17) is 21.8 Å². The molecule has 0 spiro atoms. The minimum atomic E-state index is -1.18. The number of aliphatic carboxylic acids is 1. The Morgan fingerprint density at radius 2 is 2.33 bits per heavy atom. The zero-order valence-corrected chi connectivity index (χ0v) is 9.83. The number of halogens is 1. The normalized spacial score (nSPS) is 32.3. The van der Waals surface area contributed by atoms with Crippen LogP contribution in [0.15, 0.2) is 24.3 Å². The fraction of sp³-hybridized carbons (Fsp3) is 0.500. The quantitative estimate of drug-likeness (QED) is 0.580. The molecule has 0 radical (unpaired) electrons. The Labute approximate surface area is 97.8 Å². The number of carbonyl (C=O) groups is 1. The molecule has 5 heteroatoms. The number of rotatable bonds is 2. The standard InChI is InChI=1S/C6H5ClS.C4H8O3/c7-6-4-2-1-3-5(6)8-6;1-2-3(5)4(6)7/h1-5H;3,5H,2H2,1H3,(H,6,7). The Hall–Kier alpha value is -0.450. The van der Waals surface area contributed by atoms with Crippen LogP contribution in [0.2, 0.25) is 0 Å². The molecule has 84 valence electrons. The van der Waals surface area contributed by atoms with Crippen molar-refractivity contribution in [3.05, 3.63) is 24.3 Å². The molecule has 2 aliphatic rings. The van der Waals surface area contributed by atoms with Gasteiger partial charge in [0.15, 0.2) is 6.10 Å². The maximum Gasteiger partial charge on any atom is 0.332 e. The zero-order chi connectivity index (χ0) is 11.5. The fourth-order valence-corrected chi connectivity index (χ4v) is 2.23. The number of alkyl halides is 1. The van der Waals surface area contributed by atoms with Crippen LogP contribution in [-0.4, -0.2) is 31.7 Å². The number of hydrogen-bond donors (Lipinski definition) is 2. The molecule has 1 aliphatic carbocycles. The molecule has 1 heterocycles. The number of aliphatic hydroxyl groups is 1. The van der Waals surface area contributed by atoms with E-state index in [-0.39, 0.29) is 10.6 Å². The van der Waals surface area contributed by atoms with E-state index < -0.39 is 12.1 Å². The topological polar surface area (TPSA) is 57.5 Å². The number of carboxylic acids is 1. The third-order valence-corrected chi connectivity index (χ3v) is 4.07. The van der Waals surface area contributed by atoms with Crippen molar-refractivity contribution in [1.29, 1.82) is 0 Å². The molecular formula is C10H13ClO3S. The van der Waals surface area contributed by atoms with E-state index in [1.54, 1.807) is 18.7 Å². The van der Waals surface area contributed by atoms with Crippen LogP contribution >= 0.6 is 23.4 Å². The van der Waals surface area contributed by atoms with Gasteiger partial charge in [-0.3, -0.25) is 0 Å². The van der Waals surface area contributed by atoms with E-state index in [1.165, 1.54) is 0 Å². The molecule has 0 aromatic rings. The van der Waals surface area contributed by atoms with E-state index >= 15 is 0 Å². The van der Waals surface area contributed by atoms with Gasteiger partial charge < -0.3 is 10.2 Å². The Balaban J connectivity index is 0.000000153. The van der Waals surface area contributed by atoms with Gasteiger partial charge >= 0.3 is 5.97 Å². The van der Waals surface area contributed by atoms with Crippen molar-refractivity contribution in [3.63, 3.8) is 0 Å². The summed E-state index contributed by atoms with van der Waals surface area (Å²) in [5.41, 5.74) is 0. The second-order valence-electron chi connectivity index (χ2n) is 3.24. The summed E-state index contributed by atoms with van der Waals surface area (Å²) in [5, 5.41) is 16.8. The fourth-order valence-electron chi connectivity index (χ4n) is 0.992. The summed E-state index contributed by atoms with van der Waals surface area (Å²) in [4.78, 5) is 9.68. The van der Waals surface area contributed by atoms with Crippen LogP contribution < -0.4 is 0 Å². The average molecular weight is 249 g/mol. The van der Waals surface area contributed by atoms with Crippen LogP contribution in [0.3, 0.4) is 0 Å². The summed E-state index contributed by atoms with van der Waals surface area (Å²) >= 11 is 7.76. The number of allylic oxidation sites excluding steroid dienone is 2. The first kappa shape index (κ1) is 12.6. The molecule has 1 fully saturated rings. The summed E-state index contributed by atoms with van der Waals surface area (Å²) in [6.45, 7) is 1.61. The lowest BCUT2D eigenvalue weighted by Crippen LogP contribution is -2.17. The Bertz CT molecular complexity index is 303. The van der Waals surface area contributed by atoms with Crippen molar-refractivity contribution in [2.24, 2.45) is 0 Å². The minimum Gasteiger partial charge on any atom is -0.479 e. The molecule has 2 N–H and O–H groups in total. The molecule has 15 heavy (non-hydrogen) atoms. The number of fused-ring (bicyclic) bond motifs is 1. The Morgan fingerprint density at radius 3 is 2.60 bits per heavy atom. The summed E-state index contributed by atoms with van der Waals surface area (Å²) in [6, 6.07) is 0. The van der Waals surface area contributed by atoms with Crippen molar-refractivity contribution >= 4 is 29.3 Å². The monoisotopic (exact) mass is 248 g/mol. The molecule has 3 atom stereocenters. The molecular weight excluding hydrogens is 236 g/mol. The van der Waals surface area contributed by atoms with Gasteiger partial charge in [0.05, 0.1) is 5.25 Å². The predicted molar refractivity (Wildman–Crippen MR) is 62.2 cm³/mol. The first-order chi connectivity index (χ1) is 6.99. The molecule has 1 saturated heterocycles. The van der Waals surface area contributed by atoms with Gasteiger partial charge in [-0.05, 0) is 6.42 Å². The van der Waals surface area contributed by atoms with E-state index in [0.717, 1.165) is 0 Å². The number of thioether (sulfide) groups is 1. The Morgan fingerprint density at radius 1 is 1.67 bits per heavy atom. The van der Waals surface area contributed by atoms with Crippen molar-refractivity contribution < 1.29 is 15.0 Å². The van der Waals surface area contributed by atoms with Crippen LogP contribution in [0.25, 0.3) is 0 Å². The first-order valence-electron chi connectivity index (χ1n) is 4.63. The first-order valence-corrected chi connectivity index (χ1v) is 5.89. The maximum atomic E-state index is 9.68. The van der Waals surface area contributed by atoms with Gasteiger partial charge in [-0.25, -0.2) is 4.79 Å². The van der Waals surface area contributed by atoms with Crippen molar-refractivity contribution in [3.8, 4) is 0 Å². The third-order valence-electron chi connectivity index (χ3n) is 2.03. The number of hydrogen-bond acceptors (Lipinski definition) is 3. The van der Waals surface area contributed by atoms with Gasteiger partial charge in [-0.2, -0.15) is 0 Å². The molecule has 0 amide bonds. The van der Waals surface area contributed by atoms with Gasteiger partial charge in [0.1, 0.15) is 4.21 Å². The summed E-state index contributed by atoms with van der Waals surface area (Å²) < 4.78 is -0.0330. The molecule has 0 aromatic carbocycles. The van der Waals surface area contributed by atoms with Crippen molar-refractivity contribution in [1.82, 2.24) is 0 Å². The van der Waals surface area contributed by atoms with Gasteiger partial charge in [0, 0.05) is 0 Å². The molecule has 0 saturated carbocycles. The lowest BCUT2D eigenvalue weighted by Gasteiger charge is -1.96. The van der Waals surface area contributed by atoms with Crippen molar-refractivity contribution in [2.45, 2.75) is 28.9 Å². The second kappa shape index (κ2) is 5.05. The maximum absolute atomic E-state index is 9.68. The van der Waals surface area contributed by atoms with Gasteiger partial charge in [0.2, 0.25) is 0 Å². The molecule has 1 aliphatic heterocycles. The van der Waals surface area contributed by atoms with E-state index in [9.17, 15) is 4.79 Å². The zero-order valence-electron chi connectivity index (χ0n) is 8.26. The lowest BCUT2D eigenvalue weighted by atomic mass is 10.2. The van der Waals surface area contributed by atoms with E-state index in [1.807, 2.05) is 18.2 Å². The highest BCUT2D eigenvalue weighted by atomic mass is 35.5. The number of aliphatic hydroxyl groups excluding tert-OH is 1. The SMILES string of the molecule is CCC(O)C(=O)O.ClC12C=CC=CC1S2. The highest BCUT2D eigenvalue weighted by Gasteiger charge is 2.51. The van der Waals surface area contributed by atoms with Crippen LogP contribution in [0.5, 0.6) is 0 Å². The highest BCUT2D eigenvalue weighted by Crippen LogP contribution is 2.59. The average Bonchev–Trinajstić information content (AvgIpc) is 2.89. The summed E-state index contributed by atoms with van der Waals surface area (Å²) in [5.74, 6) is -1.15. The van der Waals surface area contributed by atoms with Gasteiger partial charge in [0.25, 0.3) is 0 Å². The molecule has 3 nitrogen and oxygen atoms in total. The molecule has 3 unspecified atom stereocenters. The smallest absolute Gasteiger partial charge is 0.332 e. The highest BCUT2D eigenvalue weighted by molar-refractivity contribution is 8.10. The largest absolute Gasteiger partial charge is 0.479 e. The lowest BCUT2D eigenvalue weighted by molar-refractivity contribution is -0.146. The third kappa shape index (κ3) is 3.55. The van der Waals surface area contributed by atoms with E-state index in [2.05, 4.69) is 6.08 Å². The van der Waals surface area contributed by atoms with Gasteiger partial charge in [-0.1, -0.05) is 31.2 Å². The molecule has 0 aromatic heterocycles. The summed E-state index contributed by atoms with van der Waals surface area (Å²) in [7, 11) is 0.